The maximum Gasteiger partial charge on any atom is 0.326 e. The van der Waals surface area contributed by atoms with E-state index in [9.17, 15) is 4.79 Å². The van der Waals surface area contributed by atoms with E-state index >= 15 is 0 Å². The summed E-state index contributed by atoms with van der Waals surface area (Å²) < 4.78 is 13.4. The monoisotopic (exact) mass is 409 g/mol. The third kappa shape index (κ3) is 3.74. The molecule has 1 N–H and O–H groups in total. The van der Waals surface area contributed by atoms with Crippen molar-refractivity contribution in [2.45, 2.75) is 56.7 Å². The van der Waals surface area contributed by atoms with Gasteiger partial charge in [0.2, 0.25) is 0 Å². The highest BCUT2D eigenvalue weighted by atomic mass is 16.5. The summed E-state index contributed by atoms with van der Waals surface area (Å²) in [6.07, 6.45) is 13.5. The standard InChI is InChI=1S/C24H31N3O3/c1-29-20-7-8-21-22(16-20)27(24(28)25-21)18-9-12-26(13-10-18)19-11-14-30-23(15-19)17-5-3-2-4-6-17/h3,5-8,16,18-19,23H,2,4,9-15H2,1H3,(H,25,28). The second kappa shape index (κ2) is 8.44. The van der Waals surface area contributed by atoms with Crippen molar-refractivity contribution >= 4 is 11.0 Å². The summed E-state index contributed by atoms with van der Waals surface area (Å²) in [6.45, 7) is 2.89. The molecule has 2 unspecified atom stereocenters. The number of benzene rings is 1. The zero-order chi connectivity index (χ0) is 20.5. The van der Waals surface area contributed by atoms with Crippen LogP contribution in [0, 0.1) is 0 Å². The van der Waals surface area contributed by atoms with Crippen molar-refractivity contribution in [3.8, 4) is 5.75 Å². The zero-order valence-corrected chi connectivity index (χ0v) is 17.7. The van der Waals surface area contributed by atoms with E-state index in [1.165, 1.54) is 5.57 Å². The van der Waals surface area contributed by atoms with Gasteiger partial charge in [-0.25, -0.2) is 4.79 Å². The van der Waals surface area contributed by atoms with Crippen LogP contribution >= 0.6 is 0 Å². The van der Waals surface area contributed by atoms with Crippen LogP contribution in [-0.4, -0.2) is 53.4 Å². The fraction of sp³-hybridized carbons (Fsp3) is 0.542. The van der Waals surface area contributed by atoms with Crippen LogP contribution in [0.25, 0.3) is 11.0 Å². The minimum Gasteiger partial charge on any atom is -0.497 e. The van der Waals surface area contributed by atoms with E-state index in [0.29, 0.717) is 6.04 Å². The lowest BCUT2D eigenvalue weighted by molar-refractivity contribution is -0.0150. The molecule has 0 bridgehead atoms. The van der Waals surface area contributed by atoms with Gasteiger partial charge in [-0.1, -0.05) is 18.2 Å². The molecule has 0 spiro atoms. The molecule has 0 amide bonds. The summed E-state index contributed by atoms with van der Waals surface area (Å²) in [6, 6.07) is 6.59. The average molecular weight is 410 g/mol. The van der Waals surface area contributed by atoms with Gasteiger partial charge >= 0.3 is 5.69 Å². The first kappa shape index (κ1) is 19.6. The molecule has 30 heavy (non-hydrogen) atoms. The number of H-pyrrole nitrogens is 1. The fourth-order valence-electron chi connectivity index (χ4n) is 5.32. The average Bonchev–Trinajstić information content (AvgIpc) is 3.14. The number of hydrogen-bond acceptors (Lipinski definition) is 4. The highest BCUT2D eigenvalue weighted by Crippen LogP contribution is 2.32. The predicted molar refractivity (Wildman–Crippen MR) is 118 cm³/mol. The number of hydrogen-bond donors (Lipinski definition) is 1. The molecule has 0 saturated carbocycles. The Kier molecular flexibility index (Phi) is 5.52. The van der Waals surface area contributed by atoms with E-state index in [0.717, 1.165) is 75.0 Å². The van der Waals surface area contributed by atoms with Gasteiger partial charge in [-0.15, -0.1) is 0 Å². The van der Waals surface area contributed by atoms with Crippen LogP contribution in [0.2, 0.25) is 0 Å². The molecule has 2 fully saturated rings. The van der Waals surface area contributed by atoms with Gasteiger partial charge in [-0.3, -0.25) is 4.57 Å². The van der Waals surface area contributed by atoms with E-state index in [1.807, 2.05) is 22.8 Å². The third-order valence-corrected chi connectivity index (χ3v) is 6.96. The second-order valence-electron chi connectivity index (χ2n) is 8.67. The number of nitrogens with one attached hydrogen (secondary N) is 1. The van der Waals surface area contributed by atoms with E-state index in [2.05, 4.69) is 28.1 Å². The van der Waals surface area contributed by atoms with Gasteiger partial charge in [0.1, 0.15) is 5.75 Å². The fourth-order valence-corrected chi connectivity index (χ4v) is 5.32. The molecule has 5 rings (SSSR count). The first-order chi connectivity index (χ1) is 14.7. The molecule has 1 aliphatic carbocycles. The number of fused-ring (bicyclic) bond motifs is 1. The number of nitrogens with zero attached hydrogens (tertiary/aromatic N) is 2. The quantitative estimate of drug-likeness (QED) is 0.835. The third-order valence-electron chi connectivity index (χ3n) is 6.96. The Bertz CT molecular complexity index is 1010. The molecule has 2 saturated heterocycles. The zero-order valence-electron chi connectivity index (χ0n) is 17.7. The Balaban J connectivity index is 1.27. The van der Waals surface area contributed by atoms with Crippen LogP contribution < -0.4 is 10.4 Å². The number of aromatic nitrogens is 2. The smallest absolute Gasteiger partial charge is 0.326 e. The minimum atomic E-state index is -0.0149. The topological polar surface area (TPSA) is 59.5 Å². The number of piperidine rings is 1. The van der Waals surface area contributed by atoms with Gasteiger partial charge in [0.25, 0.3) is 0 Å². The molecule has 3 aliphatic rings. The van der Waals surface area contributed by atoms with Crippen molar-refractivity contribution in [1.82, 2.24) is 14.5 Å². The van der Waals surface area contributed by atoms with Crippen LogP contribution in [-0.2, 0) is 4.74 Å². The molecule has 2 atom stereocenters. The Hall–Kier alpha value is -2.31. The summed E-state index contributed by atoms with van der Waals surface area (Å²) in [5.41, 5.74) is 3.17. The molecule has 1 aromatic carbocycles. The first-order valence-electron chi connectivity index (χ1n) is 11.2. The van der Waals surface area contributed by atoms with Crippen molar-refractivity contribution in [3.05, 3.63) is 52.5 Å². The van der Waals surface area contributed by atoms with Crippen LogP contribution in [0.4, 0.5) is 0 Å². The number of aromatic amines is 1. The summed E-state index contributed by atoms with van der Waals surface area (Å²) in [5.74, 6) is 0.784. The van der Waals surface area contributed by atoms with Gasteiger partial charge in [0.05, 0.1) is 24.2 Å². The minimum absolute atomic E-state index is 0.0149. The van der Waals surface area contributed by atoms with Gasteiger partial charge in [0, 0.05) is 37.8 Å². The normalized spacial score (nSPS) is 26.1. The Morgan fingerprint density at radius 3 is 2.77 bits per heavy atom. The van der Waals surface area contributed by atoms with E-state index < -0.39 is 0 Å². The summed E-state index contributed by atoms with van der Waals surface area (Å²) in [4.78, 5) is 18.3. The van der Waals surface area contributed by atoms with Crippen LogP contribution in [0.1, 0.15) is 44.6 Å². The van der Waals surface area contributed by atoms with Crippen molar-refractivity contribution in [2.75, 3.05) is 26.8 Å². The number of ether oxygens (including phenoxy) is 2. The predicted octanol–water partition coefficient (Wildman–Crippen LogP) is 3.80. The summed E-state index contributed by atoms with van der Waals surface area (Å²) >= 11 is 0. The van der Waals surface area contributed by atoms with E-state index in [4.69, 9.17) is 9.47 Å². The SMILES string of the molecule is COc1ccc2[nH]c(=O)n(C3CCN(C4CCOC(C5=CCCC=C5)C4)CC3)c2c1. The van der Waals surface area contributed by atoms with E-state index in [1.54, 1.807) is 7.11 Å². The first-order valence-corrected chi connectivity index (χ1v) is 11.2. The van der Waals surface area contributed by atoms with Gasteiger partial charge in [-0.2, -0.15) is 0 Å². The summed E-state index contributed by atoms with van der Waals surface area (Å²) in [7, 11) is 1.66. The van der Waals surface area contributed by atoms with Crippen LogP contribution in [0.3, 0.4) is 0 Å². The van der Waals surface area contributed by atoms with Crippen molar-refractivity contribution < 1.29 is 9.47 Å². The highest BCUT2D eigenvalue weighted by molar-refractivity contribution is 5.77. The number of allylic oxidation sites excluding steroid dienone is 2. The number of likely N-dealkylation sites (tertiary alicyclic amines) is 1. The molecular weight excluding hydrogens is 378 g/mol. The van der Waals surface area contributed by atoms with Crippen LogP contribution in [0.5, 0.6) is 5.75 Å². The molecule has 6 heteroatoms. The molecular formula is C24H31N3O3. The molecule has 160 valence electrons. The largest absolute Gasteiger partial charge is 0.497 e. The number of methoxy groups -OCH3 is 1. The molecule has 2 aliphatic heterocycles. The lowest BCUT2D eigenvalue weighted by atomic mass is 9.91. The van der Waals surface area contributed by atoms with Gasteiger partial charge in [0.15, 0.2) is 0 Å². The Labute approximate surface area is 177 Å². The second-order valence-corrected chi connectivity index (χ2v) is 8.67. The lowest BCUT2D eigenvalue weighted by Crippen LogP contribution is -2.47. The molecule has 1 aromatic heterocycles. The molecule has 0 radical (unpaired) electrons. The summed E-state index contributed by atoms with van der Waals surface area (Å²) in [5, 5.41) is 0. The highest BCUT2D eigenvalue weighted by Gasteiger charge is 2.32. The van der Waals surface area contributed by atoms with Crippen LogP contribution in [0.15, 0.2) is 46.8 Å². The van der Waals surface area contributed by atoms with Gasteiger partial charge in [-0.05, 0) is 56.2 Å². The molecule has 2 aromatic rings. The van der Waals surface area contributed by atoms with E-state index in [-0.39, 0.29) is 17.8 Å². The van der Waals surface area contributed by atoms with Crippen molar-refractivity contribution in [3.63, 3.8) is 0 Å². The molecule has 3 heterocycles. The number of rotatable bonds is 4. The maximum atomic E-state index is 12.7. The van der Waals surface area contributed by atoms with Crippen molar-refractivity contribution in [2.24, 2.45) is 0 Å². The van der Waals surface area contributed by atoms with Crippen molar-refractivity contribution in [1.29, 1.82) is 0 Å². The Morgan fingerprint density at radius 1 is 1.13 bits per heavy atom. The van der Waals surface area contributed by atoms with Gasteiger partial charge < -0.3 is 19.4 Å². The number of imidazole rings is 1. The maximum absolute atomic E-state index is 12.7. The lowest BCUT2D eigenvalue weighted by Gasteiger charge is -2.41. The molecule has 6 nitrogen and oxygen atoms in total. The Morgan fingerprint density at radius 2 is 2.00 bits per heavy atom.